The first-order valence-corrected chi connectivity index (χ1v) is 15.3. The Labute approximate surface area is 235 Å². The smallest absolute Gasteiger partial charge is 0.294 e. The Kier molecular flexibility index (Phi) is 9.18. The van der Waals surface area contributed by atoms with E-state index in [-0.39, 0.29) is 41.5 Å². The standard InChI is InChI=1S/C28H36N8O3S/c1-6-18(5)36-23(35-26(29-8-3)24-22(7-2)33-17-34-25(24)19-10-11-19)16-32-27(28(36)37)31-14-20-12-13-21(15-30-20)40(38,39)9-4/h8,12-13,15,17-19H,3,6-7,9-11,14,16H2,1-2,4-5H3,(H,31,32)/b29-26-,35-23+/t18-/m0/s1. The van der Waals surface area contributed by atoms with Crippen LogP contribution in [0.4, 0.5) is 0 Å². The van der Waals surface area contributed by atoms with E-state index in [1.54, 1.807) is 24.2 Å². The summed E-state index contributed by atoms with van der Waals surface area (Å²) >= 11 is 0. The van der Waals surface area contributed by atoms with Gasteiger partial charge >= 0.3 is 0 Å². The number of aryl methyl sites for hydroxylation is 1. The number of amidine groups is 3. The molecule has 1 saturated carbocycles. The molecular weight excluding hydrogens is 528 g/mol. The minimum Gasteiger partial charge on any atom is -0.360 e. The van der Waals surface area contributed by atoms with Gasteiger partial charge < -0.3 is 5.32 Å². The van der Waals surface area contributed by atoms with Crippen molar-refractivity contribution in [2.24, 2.45) is 15.0 Å². The normalized spacial score (nSPS) is 18.1. The Morgan fingerprint density at radius 2 is 2.00 bits per heavy atom. The van der Waals surface area contributed by atoms with Gasteiger partial charge in [0.1, 0.15) is 12.2 Å². The lowest BCUT2D eigenvalue weighted by atomic mass is 10.0. The number of aliphatic imine (C=N–C) groups is 3. The van der Waals surface area contributed by atoms with Gasteiger partial charge in [-0.15, -0.1) is 0 Å². The Hall–Kier alpha value is -3.80. The van der Waals surface area contributed by atoms with Gasteiger partial charge in [-0.05, 0) is 44.7 Å². The maximum Gasteiger partial charge on any atom is 0.294 e. The number of hydrogen-bond donors (Lipinski definition) is 1. The second kappa shape index (κ2) is 12.6. The minimum atomic E-state index is -3.33. The van der Waals surface area contributed by atoms with Crippen molar-refractivity contribution in [2.75, 3.05) is 12.3 Å². The van der Waals surface area contributed by atoms with Gasteiger partial charge in [0.15, 0.2) is 21.5 Å². The van der Waals surface area contributed by atoms with Crippen molar-refractivity contribution < 1.29 is 13.2 Å². The molecule has 2 aliphatic rings. The van der Waals surface area contributed by atoms with Gasteiger partial charge in [-0.2, -0.15) is 0 Å². The molecule has 0 spiro atoms. The predicted octanol–water partition coefficient (Wildman–Crippen LogP) is 3.22. The van der Waals surface area contributed by atoms with E-state index in [1.165, 1.54) is 18.5 Å². The van der Waals surface area contributed by atoms with E-state index in [1.807, 2.05) is 20.8 Å². The topological polar surface area (TPSA) is 142 Å². The fraction of sp³-hybridized carbons (Fsp3) is 0.464. The molecule has 0 radical (unpaired) electrons. The average Bonchev–Trinajstić information content (AvgIpc) is 3.81. The summed E-state index contributed by atoms with van der Waals surface area (Å²) in [6.07, 6.45) is 7.91. The number of carbonyl (C=O) groups is 1. The summed E-state index contributed by atoms with van der Waals surface area (Å²) in [5.41, 5.74) is 3.19. The van der Waals surface area contributed by atoms with Gasteiger partial charge in [0.05, 0.1) is 46.4 Å². The summed E-state index contributed by atoms with van der Waals surface area (Å²) < 4.78 is 24.1. The van der Waals surface area contributed by atoms with Gasteiger partial charge in [0, 0.05) is 24.4 Å². The van der Waals surface area contributed by atoms with Gasteiger partial charge in [0.2, 0.25) is 0 Å². The van der Waals surface area contributed by atoms with Crippen LogP contribution in [0.1, 0.15) is 75.5 Å². The van der Waals surface area contributed by atoms with Crippen LogP contribution in [-0.4, -0.2) is 70.0 Å². The number of rotatable bonds is 10. The monoisotopic (exact) mass is 564 g/mol. The van der Waals surface area contributed by atoms with Crippen LogP contribution in [-0.2, 0) is 27.6 Å². The van der Waals surface area contributed by atoms with E-state index < -0.39 is 9.84 Å². The van der Waals surface area contributed by atoms with E-state index in [0.29, 0.717) is 36.1 Å². The van der Waals surface area contributed by atoms with Crippen molar-refractivity contribution in [2.45, 2.75) is 76.8 Å². The van der Waals surface area contributed by atoms with Crippen LogP contribution in [0, 0.1) is 0 Å². The van der Waals surface area contributed by atoms with Crippen molar-refractivity contribution in [3.8, 4) is 0 Å². The summed E-state index contributed by atoms with van der Waals surface area (Å²) in [4.78, 5) is 42.7. The Balaban J connectivity index is 1.63. The Morgan fingerprint density at radius 3 is 2.60 bits per heavy atom. The highest BCUT2D eigenvalue weighted by Crippen LogP contribution is 2.41. The van der Waals surface area contributed by atoms with Gasteiger partial charge in [0.25, 0.3) is 5.91 Å². The molecule has 0 saturated heterocycles. The van der Waals surface area contributed by atoms with Crippen LogP contribution in [0.25, 0.3) is 0 Å². The van der Waals surface area contributed by atoms with E-state index in [2.05, 4.69) is 36.8 Å². The zero-order valence-corrected chi connectivity index (χ0v) is 24.3. The SMILES string of the molecule is C=C/N=C(\N=C1/CN=C(NCc2ccc(S(=O)(=O)CC)cn2)C(=O)N1[C@@H](C)CC)c1c(CC)ncnc1C1CC1. The van der Waals surface area contributed by atoms with E-state index in [0.717, 1.165) is 29.8 Å². The molecule has 1 fully saturated rings. The van der Waals surface area contributed by atoms with Crippen LogP contribution >= 0.6 is 0 Å². The van der Waals surface area contributed by atoms with Crippen molar-refractivity contribution in [1.29, 1.82) is 0 Å². The molecule has 1 aliphatic carbocycles. The number of sulfone groups is 1. The molecule has 11 nitrogen and oxygen atoms in total. The van der Waals surface area contributed by atoms with Gasteiger partial charge in [-0.25, -0.2) is 28.4 Å². The summed E-state index contributed by atoms with van der Waals surface area (Å²) in [6.45, 7) is 11.8. The molecule has 0 unspecified atom stereocenters. The van der Waals surface area contributed by atoms with Crippen LogP contribution in [0.2, 0.25) is 0 Å². The number of hydrogen-bond acceptors (Lipinski definition) is 9. The molecule has 40 heavy (non-hydrogen) atoms. The van der Waals surface area contributed by atoms with Crippen molar-refractivity contribution in [3.63, 3.8) is 0 Å². The molecule has 1 atom stereocenters. The highest BCUT2D eigenvalue weighted by molar-refractivity contribution is 7.91. The maximum absolute atomic E-state index is 13.6. The number of carbonyl (C=O) groups excluding carboxylic acids is 1. The fourth-order valence-corrected chi connectivity index (χ4v) is 5.22. The zero-order valence-electron chi connectivity index (χ0n) is 23.5. The van der Waals surface area contributed by atoms with Crippen molar-refractivity contribution in [3.05, 3.63) is 60.1 Å². The van der Waals surface area contributed by atoms with Crippen LogP contribution in [0.5, 0.6) is 0 Å². The molecule has 12 heteroatoms. The number of nitrogens with zero attached hydrogens (tertiary/aromatic N) is 7. The number of amides is 1. The molecule has 3 heterocycles. The largest absolute Gasteiger partial charge is 0.360 e. The molecular formula is C28H36N8O3S. The third-order valence-corrected chi connectivity index (χ3v) is 8.73. The summed E-state index contributed by atoms with van der Waals surface area (Å²) in [6, 6.07) is 3.02. The first-order chi connectivity index (χ1) is 19.2. The van der Waals surface area contributed by atoms with Gasteiger partial charge in [-0.3, -0.25) is 19.7 Å². The lowest BCUT2D eigenvalue weighted by molar-refractivity contribution is -0.122. The second-order valence-electron chi connectivity index (χ2n) is 9.71. The summed E-state index contributed by atoms with van der Waals surface area (Å²) in [7, 11) is -3.33. The number of nitrogens with one attached hydrogen (secondary N) is 1. The molecule has 4 rings (SSSR count). The lowest BCUT2D eigenvalue weighted by Gasteiger charge is -2.32. The fourth-order valence-electron chi connectivity index (χ4n) is 4.40. The summed E-state index contributed by atoms with van der Waals surface area (Å²) in [5.74, 6) is 1.18. The molecule has 0 bridgehead atoms. The molecule has 0 aromatic carbocycles. The van der Waals surface area contributed by atoms with Crippen molar-refractivity contribution >= 4 is 33.3 Å². The quantitative estimate of drug-likeness (QED) is 0.345. The third-order valence-electron chi connectivity index (χ3n) is 7.01. The lowest BCUT2D eigenvalue weighted by Crippen LogP contribution is -2.54. The van der Waals surface area contributed by atoms with E-state index in [4.69, 9.17) is 4.99 Å². The minimum absolute atomic E-state index is 0.00505. The first-order valence-electron chi connectivity index (χ1n) is 13.6. The number of aromatic nitrogens is 3. The molecule has 2 aromatic heterocycles. The van der Waals surface area contributed by atoms with Crippen LogP contribution in [0.3, 0.4) is 0 Å². The highest BCUT2D eigenvalue weighted by Gasteiger charge is 2.34. The number of pyridine rings is 1. The maximum atomic E-state index is 13.6. The first kappa shape index (κ1) is 29.2. The molecule has 2 aromatic rings. The predicted molar refractivity (Wildman–Crippen MR) is 155 cm³/mol. The van der Waals surface area contributed by atoms with E-state index >= 15 is 0 Å². The van der Waals surface area contributed by atoms with Crippen LogP contribution < -0.4 is 5.32 Å². The van der Waals surface area contributed by atoms with E-state index in [9.17, 15) is 13.2 Å². The molecule has 1 aliphatic heterocycles. The third kappa shape index (κ3) is 6.33. The summed E-state index contributed by atoms with van der Waals surface area (Å²) in [5, 5.41) is 3.08. The zero-order chi connectivity index (χ0) is 28.9. The average molecular weight is 565 g/mol. The Morgan fingerprint density at radius 1 is 1.23 bits per heavy atom. The van der Waals surface area contributed by atoms with Gasteiger partial charge in [-0.1, -0.05) is 27.4 Å². The molecule has 1 N–H and O–H groups in total. The van der Waals surface area contributed by atoms with Crippen molar-refractivity contribution in [1.82, 2.24) is 25.2 Å². The highest BCUT2D eigenvalue weighted by atomic mass is 32.2. The molecule has 1 amide bonds. The second-order valence-corrected chi connectivity index (χ2v) is 12.0. The van der Waals surface area contributed by atoms with Crippen LogP contribution in [0.15, 0.2) is 57.3 Å². The Bertz CT molecular complexity index is 1460. The molecule has 212 valence electrons.